The molecule has 1 aliphatic carbocycles. The van der Waals surface area contributed by atoms with Crippen molar-refractivity contribution < 1.29 is 9.53 Å². The molecule has 0 spiro atoms. The molecule has 2 aromatic rings. The number of methoxy groups -OCH3 is 1. The predicted octanol–water partition coefficient (Wildman–Crippen LogP) is 4.37. The zero-order valence-corrected chi connectivity index (χ0v) is 16.5. The van der Waals surface area contributed by atoms with E-state index in [0.29, 0.717) is 40.3 Å². The van der Waals surface area contributed by atoms with Crippen molar-refractivity contribution in [3.63, 3.8) is 0 Å². The van der Waals surface area contributed by atoms with Gasteiger partial charge in [-0.25, -0.2) is 4.98 Å². The van der Waals surface area contributed by atoms with Crippen LogP contribution in [0.5, 0.6) is 0 Å². The number of aromatic nitrogens is 2. The third-order valence-electron chi connectivity index (χ3n) is 4.71. The van der Waals surface area contributed by atoms with E-state index in [1.807, 2.05) is 18.2 Å². The van der Waals surface area contributed by atoms with Crippen LogP contribution in [-0.2, 0) is 9.53 Å². The van der Waals surface area contributed by atoms with Crippen molar-refractivity contribution in [2.45, 2.75) is 37.8 Å². The lowest BCUT2D eigenvalue weighted by atomic mass is 9.93. The van der Waals surface area contributed by atoms with E-state index in [2.05, 4.69) is 32.5 Å². The summed E-state index contributed by atoms with van der Waals surface area (Å²) in [6, 6.07) is 7.60. The van der Waals surface area contributed by atoms with Crippen LogP contribution in [-0.4, -0.2) is 35.1 Å². The van der Waals surface area contributed by atoms with Crippen molar-refractivity contribution in [3.05, 3.63) is 48.1 Å². The summed E-state index contributed by atoms with van der Waals surface area (Å²) < 4.78 is 5.42. The molecule has 0 unspecified atom stereocenters. The first kappa shape index (κ1) is 20.1. The number of carbonyl (C=O) groups is 1. The molecule has 7 nitrogen and oxygen atoms in total. The highest BCUT2D eigenvalue weighted by molar-refractivity contribution is 6.33. The van der Waals surface area contributed by atoms with Gasteiger partial charge < -0.3 is 20.7 Å². The van der Waals surface area contributed by atoms with Crippen LogP contribution in [0, 0.1) is 0 Å². The minimum Gasteiger partial charge on any atom is -0.381 e. The van der Waals surface area contributed by atoms with Gasteiger partial charge in [0.15, 0.2) is 5.82 Å². The van der Waals surface area contributed by atoms with Gasteiger partial charge in [0.2, 0.25) is 11.9 Å². The number of carbonyl (C=O) groups excluding carboxylic acids is 1. The molecule has 0 bridgehead atoms. The van der Waals surface area contributed by atoms with E-state index >= 15 is 0 Å². The van der Waals surface area contributed by atoms with Gasteiger partial charge in [0.1, 0.15) is 5.02 Å². The van der Waals surface area contributed by atoms with Crippen LogP contribution in [0.25, 0.3) is 0 Å². The molecule has 28 heavy (non-hydrogen) atoms. The summed E-state index contributed by atoms with van der Waals surface area (Å²) in [4.78, 5) is 20.4. The van der Waals surface area contributed by atoms with Gasteiger partial charge in [-0.15, -0.1) is 0 Å². The van der Waals surface area contributed by atoms with Crippen LogP contribution in [0.4, 0.5) is 23.1 Å². The van der Waals surface area contributed by atoms with Crippen LogP contribution in [0.2, 0.25) is 5.02 Å². The van der Waals surface area contributed by atoms with Gasteiger partial charge in [0.25, 0.3) is 0 Å². The summed E-state index contributed by atoms with van der Waals surface area (Å²) in [6.07, 6.45) is 7.16. The first-order valence-electron chi connectivity index (χ1n) is 9.20. The molecule has 1 amide bonds. The number of halogens is 1. The van der Waals surface area contributed by atoms with E-state index in [-0.39, 0.29) is 5.91 Å². The Bertz CT molecular complexity index is 837. The Kier molecular flexibility index (Phi) is 6.84. The molecule has 0 aliphatic heterocycles. The Morgan fingerprint density at radius 1 is 1.25 bits per heavy atom. The van der Waals surface area contributed by atoms with Crippen molar-refractivity contribution in [2.75, 3.05) is 23.1 Å². The Labute approximate surface area is 169 Å². The zero-order valence-electron chi connectivity index (χ0n) is 15.7. The van der Waals surface area contributed by atoms with E-state index < -0.39 is 0 Å². The van der Waals surface area contributed by atoms with E-state index in [9.17, 15) is 4.79 Å². The number of benzene rings is 1. The third-order valence-corrected chi connectivity index (χ3v) is 4.98. The molecule has 1 aromatic carbocycles. The largest absolute Gasteiger partial charge is 0.381 e. The number of hydrogen-bond acceptors (Lipinski definition) is 6. The molecule has 1 aromatic heterocycles. The summed E-state index contributed by atoms with van der Waals surface area (Å²) in [6.45, 7) is 3.47. The molecule has 1 saturated carbocycles. The van der Waals surface area contributed by atoms with Crippen LogP contribution in [0.3, 0.4) is 0 Å². The van der Waals surface area contributed by atoms with Crippen LogP contribution >= 0.6 is 11.6 Å². The molecule has 1 fully saturated rings. The van der Waals surface area contributed by atoms with E-state index in [0.717, 1.165) is 25.7 Å². The zero-order chi connectivity index (χ0) is 19.9. The van der Waals surface area contributed by atoms with Crippen molar-refractivity contribution in [1.82, 2.24) is 9.97 Å². The van der Waals surface area contributed by atoms with Crippen molar-refractivity contribution in [2.24, 2.45) is 0 Å². The lowest BCUT2D eigenvalue weighted by Gasteiger charge is -2.28. The maximum absolute atomic E-state index is 11.6. The Hall–Kier alpha value is -2.64. The Morgan fingerprint density at radius 2 is 1.96 bits per heavy atom. The lowest BCUT2D eigenvalue weighted by molar-refractivity contribution is -0.111. The fourth-order valence-electron chi connectivity index (χ4n) is 3.16. The average molecular weight is 402 g/mol. The highest BCUT2D eigenvalue weighted by Gasteiger charge is 2.21. The molecular weight excluding hydrogens is 378 g/mol. The molecule has 3 N–H and O–H groups in total. The number of hydrogen-bond donors (Lipinski definition) is 3. The second-order valence-corrected chi connectivity index (χ2v) is 7.01. The second kappa shape index (κ2) is 9.52. The molecule has 8 heteroatoms. The number of amides is 1. The molecular formula is C20H24ClN5O2. The highest BCUT2D eigenvalue weighted by atomic mass is 35.5. The quantitative estimate of drug-likeness (QED) is 0.597. The maximum Gasteiger partial charge on any atom is 0.247 e. The summed E-state index contributed by atoms with van der Waals surface area (Å²) in [5.74, 6) is 0.683. The number of nitrogens with one attached hydrogen (secondary N) is 3. The normalized spacial score (nSPS) is 18.9. The monoisotopic (exact) mass is 401 g/mol. The topological polar surface area (TPSA) is 88.2 Å². The molecule has 1 aliphatic rings. The predicted molar refractivity (Wildman–Crippen MR) is 112 cm³/mol. The maximum atomic E-state index is 11.6. The van der Waals surface area contributed by atoms with Crippen LogP contribution in [0.1, 0.15) is 25.7 Å². The number of para-hydroxylation sites is 2. The minimum absolute atomic E-state index is 0.294. The van der Waals surface area contributed by atoms with Gasteiger partial charge in [-0.2, -0.15) is 4.98 Å². The van der Waals surface area contributed by atoms with E-state index in [4.69, 9.17) is 16.3 Å². The lowest BCUT2D eigenvalue weighted by Crippen LogP contribution is -2.29. The number of rotatable bonds is 7. The molecule has 0 radical (unpaired) electrons. The summed E-state index contributed by atoms with van der Waals surface area (Å²) in [5.41, 5.74) is 1.28. The third kappa shape index (κ3) is 5.21. The first-order chi connectivity index (χ1) is 13.6. The molecule has 148 valence electrons. The minimum atomic E-state index is -0.294. The van der Waals surface area contributed by atoms with Crippen molar-refractivity contribution in [1.29, 1.82) is 0 Å². The van der Waals surface area contributed by atoms with Crippen LogP contribution < -0.4 is 16.0 Å². The number of nitrogens with zero attached hydrogens (tertiary/aromatic N) is 2. The Balaban J connectivity index is 1.72. The molecule has 0 atom stereocenters. The summed E-state index contributed by atoms with van der Waals surface area (Å²) in [5, 5.41) is 9.69. The van der Waals surface area contributed by atoms with Gasteiger partial charge in [0.05, 0.1) is 23.7 Å². The highest BCUT2D eigenvalue weighted by Crippen LogP contribution is 2.29. The molecule has 1 heterocycles. The van der Waals surface area contributed by atoms with Gasteiger partial charge in [-0.1, -0.05) is 30.3 Å². The van der Waals surface area contributed by atoms with E-state index in [1.54, 1.807) is 19.4 Å². The smallest absolute Gasteiger partial charge is 0.247 e. The van der Waals surface area contributed by atoms with Crippen molar-refractivity contribution >= 4 is 40.6 Å². The average Bonchev–Trinajstić information content (AvgIpc) is 2.72. The summed E-state index contributed by atoms with van der Waals surface area (Å²) >= 11 is 6.28. The summed E-state index contributed by atoms with van der Waals surface area (Å²) in [7, 11) is 1.76. The van der Waals surface area contributed by atoms with Crippen LogP contribution in [0.15, 0.2) is 43.1 Å². The second-order valence-electron chi connectivity index (χ2n) is 6.61. The van der Waals surface area contributed by atoms with Gasteiger partial charge >= 0.3 is 0 Å². The number of ether oxygens (including phenoxy) is 1. The number of anilines is 4. The first-order valence-corrected chi connectivity index (χ1v) is 9.58. The molecule has 3 rings (SSSR count). The fourth-order valence-corrected chi connectivity index (χ4v) is 3.30. The van der Waals surface area contributed by atoms with E-state index in [1.165, 1.54) is 6.08 Å². The fraction of sp³-hybridized carbons (Fsp3) is 0.350. The van der Waals surface area contributed by atoms with Gasteiger partial charge in [-0.05, 0) is 43.9 Å². The standard InChI is InChI=1S/C20H24ClN5O2/c1-3-18(27)24-16-6-4-5-7-17(16)25-19-15(21)12-22-20(26-19)23-13-8-10-14(28-2)11-9-13/h3-7,12-14H,1,8-11H2,2H3,(H,24,27)(H2,22,23,25,26). The van der Waals surface area contributed by atoms with Crippen molar-refractivity contribution in [3.8, 4) is 0 Å². The SMILES string of the molecule is C=CC(=O)Nc1ccccc1Nc1nc(NC2CCC(OC)CC2)ncc1Cl. The van der Waals surface area contributed by atoms with Gasteiger partial charge in [0, 0.05) is 13.2 Å². The molecule has 0 saturated heterocycles. The van der Waals surface area contributed by atoms with Gasteiger partial charge in [-0.3, -0.25) is 4.79 Å². The Morgan fingerprint density at radius 3 is 2.64 bits per heavy atom.